The van der Waals surface area contributed by atoms with Gasteiger partial charge in [-0.15, -0.1) is 6.42 Å². The topological polar surface area (TPSA) is 84.9 Å². The van der Waals surface area contributed by atoms with Gasteiger partial charge in [-0.05, 0) is 31.2 Å². The van der Waals surface area contributed by atoms with Crippen LogP contribution in [0, 0.1) is 12.3 Å². The zero-order valence-electron chi connectivity index (χ0n) is 18.7. The number of methoxy groups -OCH3 is 2. The van der Waals surface area contributed by atoms with E-state index in [1.165, 1.54) is 20.3 Å². The van der Waals surface area contributed by atoms with Gasteiger partial charge in [-0.3, -0.25) is 9.52 Å². The van der Waals surface area contributed by atoms with Crippen molar-refractivity contribution in [3.8, 4) is 18.1 Å². The third-order valence-electron chi connectivity index (χ3n) is 5.30. The van der Waals surface area contributed by atoms with Crippen molar-refractivity contribution in [2.75, 3.05) is 30.4 Å². The summed E-state index contributed by atoms with van der Waals surface area (Å²) in [5.41, 5.74) is 1.21. The monoisotopic (exact) mass is 466 g/mol. The third-order valence-corrected chi connectivity index (χ3v) is 6.70. The maximum atomic E-state index is 13.1. The number of terminal acetylenes is 1. The molecular weight excluding hydrogens is 440 g/mol. The van der Waals surface area contributed by atoms with Gasteiger partial charge in [0.15, 0.2) is 0 Å². The van der Waals surface area contributed by atoms with Crippen LogP contribution in [-0.2, 0) is 19.6 Å². The Labute approximate surface area is 194 Å². The van der Waals surface area contributed by atoms with Gasteiger partial charge >= 0.3 is 5.97 Å². The number of carbonyl (C=O) groups excluding carboxylic acids is 1. The van der Waals surface area contributed by atoms with E-state index in [0.717, 1.165) is 11.1 Å². The molecule has 0 aliphatic carbocycles. The molecule has 3 rings (SSSR count). The molecule has 0 bridgehead atoms. The molecule has 0 radical (unpaired) electrons. The van der Waals surface area contributed by atoms with Gasteiger partial charge in [0.05, 0.1) is 32.9 Å². The Morgan fingerprint density at radius 3 is 2.39 bits per heavy atom. The minimum Gasteiger partial charge on any atom is -0.495 e. The molecule has 0 aliphatic heterocycles. The van der Waals surface area contributed by atoms with Crippen molar-refractivity contribution in [2.45, 2.75) is 24.3 Å². The van der Waals surface area contributed by atoms with Crippen molar-refractivity contribution in [1.82, 2.24) is 0 Å². The summed E-state index contributed by atoms with van der Waals surface area (Å²) in [5.74, 6) is 2.55. The molecule has 0 amide bonds. The number of hydrogen-bond donors (Lipinski definition) is 1. The first-order chi connectivity index (χ1) is 15.8. The molecule has 0 unspecified atom stereocenters. The number of nitrogens with zero attached hydrogens (tertiary/aromatic N) is 1. The Morgan fingerprint density at radius 2 is 1.73 bits per heavy atom. The van der Waals surface area contributed by atoms with Crippen LogP contribution in [0.5, 0.6) is 5.75 Å². The van der Waals surface area contributed by atoms with Crippen LogP contribution in [0.3, 0.4) is 0 Å². The second-order valence-corrected chi connectivity index (χ2v) is 9.05. The fourth-order valence-corrected chi connectivity index (χ4v) is 4.93. The standard InChI is InChI=1S/C25H26N2O5S/c1-5-16-27(18(2)17-25(28)32-4)22-15-14-21(19-10-6-7-11-20(19)22)26-33(29,30)24-13-9-8-12-23(24)31-3/h1,6-15,18,26H,16-17H2,2-4H3/t18-/m0/s1. The average molecular weight is 467 g/mol. The fraction of sp³-hybridized carbons (Fsp3) is 0.240. The van der Waals surface area contributed by atoms with Gasteiger partial charge in [0.2, 0.25) is 0 Å². The molecule has 3 aromatic carbocycles. The fourth-order valence-electron chi connectivity index (χ4n) is 3.67. The molecule has 33 heavy (non-hydrogen) atoms. The lowest BCUT2D eigenvalue weighted by atomic mass is 10.0. The molecule has 0 heterocycles. The SMILES string of the molecule is C#CCN(c1ccc(NS(=O)(=O)c2ccccc2OC)c2ccccc12)[C@@H](C)CC(=O)OC. The molecule has 0 aromatic heterocycles. The van der Waals surface area contributed by atoms with E-state index in [2.05, 4.69) is 10.6 Å². The maximum Gasteiger partial charge on any atom is 0.307 e. The van der Waals surface area contributed by atoms with Gasteiger partial charge in [-0.25, -0.2) is 8.42 Å². The van der Waals surface area contributed by atoms with Crippen LogP contribution in [0.1, 0.15) is 13.3 Å². The molecule has 1 atom stereocenters. The highest BCUT2D eigenvalue weighted by Crippen LogP contribution is 2.35. The van der Waals surface area contributed by atoms with Crippen molar-refractivity contribution >= 4 is 38.1 Å². The third kappa shape index (κ3) is 5.21. The second kappa shape index (κ2) is 10.3. The number of fused-ring (bicyclic) bond motifs is 1. The summed E-state index contributed by atoms with van der Waals surface area (Å²) in [4.78, 5) is 13.8. The number of nitrogens with one attached hydrogen (secondary N) is 1. The summed E-state index contributed by atoms with van der Waals surface area (Å²) in [6.07, 6.45) is 5.77. The number of carbonyl (C=O) groups is 1. The largest absolute Gasteiger partial charge is 0.495 e. The van der Waals surface area contributed by atoms with Crippen molar-refractivity contribution in [2.24, 2.45) is 0 Å². The number of para-hydroxylation sites is 1. The van der Waals surface area contributed by atoms with Crippen LogP contribution in [0.25, 0.3) is 10.8 Å². The minimum atomic E-state index is -3.91. The Kier molecular flexibility index (Phi) is 7.46. The summed E-state index contributed by atoms with van der Waals surface area (Å²) in [5, 5.41) is 1.49. The summed E-state index contributed by atoms with van der Waals surface area (Å²) < 4.78 is 39.0. The summed E-state index contributed by atoms with van der Waals surface area (Å²) in [6, 6.07) is 17.1. The molecule has 0 saturated heterocycles. The van der Waals surface area contributed by atoms with E-state index >= 15 is 0 Å². The van der Waals surface area contributed by atoms with Gasteiger partial charge in [-0.1, -0.05) is 42.3 Å². The number of anilines is 2. The van der Waals surface area contributed by atoms with E-state index in [1.54, 1.807) is 30.3 Å². The predicted octanol–water partition coefficient (Wildman–Crippen LogP) is 4.04. The summed E-state index contributed by atoms with van der Waals surface area (Å²) in [7, 11) is -1.14. The quantitative estimate of drug-likeness (QED) is 0.378. The molecule has 0 spiro atoms. The average Bonchev–Trinajstić information content (AvgIpc) is 2.82. The highest BCUT2D eigenvalue weighted by atomic mass is 32.2. The first-order valence-electron chi connectivity index (χ1n) is 10.3. The number of sulfonamides is 1. The lowest BCUT2D eigenvalue weighted by molar-refractivity contribution is -0.140. The highest BCUT2D eigenvalue weighted by Gasteiger charge is 2.23. The van der Waals surface area contributed by atoms with Crippen LogP contribution in [0.15, 0.2) is 65.6 Å². The first kappa shape index (κ1) is 24.0. The molecule has 8 heteroatoms. The zero-order chi connectivity index (χ0) is 24.0. The number of esters is 1. The normalized spacial score (nSPS) is 11.9. The van der Waals surface area contributed by atoms with Gasteiger partial charge < -0.3 is 14.4 Å². The van der Waals surface area contributed by atoms with Crippen molar-refractivity contribution < 1.29 is 22.7 Å². The van der Waals surface area contributed by atoms with E-state index in [0.29, 0.717) is 11.1 Å². The predicted molar refractivity (Wildman–Crippen MR) is 130 cm³/mol. The molecular formula is C25H26N2O5S. The number of rotatable bonds is 9. The van der Waals surface area contributed by atoms with Gasteiger partial charge in [-0.2, -0.15) is 0 Å². The number of ether oxygens (including phenoxy) is 2. The molecule has 172 valence electrons. The first-order valence-corrected chi connectivity index (χ1v) is 11.7. The van der Waals surface area contributed by atoms with E-state index in [1.807, 2.05) is 36.1 Å². The second-order valence-electron chi connectivity index (χ2n) is 7.40. The maximum absolute atomic E-state index is 13.1. The minimum absolute atomic E-state index is 0.0429. The lowest BCUT2D eigenvalue weighted by Crippen LogP contribution is -2.35. The Balaban J connectivity index is 2.06. The molecule has 0 saturated carbocycles. The van der Waals surface area contributed by atoms with Crippen molar-refractivity contribution in [3.05, 3.63) is 60.7 Å². The number of hydrogen-bond acceptors (Lipinski definition) is 6. The molecule has 7 nitrogen and oxygen atoms in total. The van der Waals surface area contributed by atoms with E-state index in [4.69, 9.17) is 15.9 Å². The summed E-state index contributed by atoms with van der Waals surface area (Å²) >= 11 is 0. The van der Waals surface area contributed by atoms with Crippen molar-refractivity contribution in [1.29, 1.82) is 0 Å². The van der Waals surface area contributed by atoms with Crippen LogP contribution in [-0.4, -0.2) is 41.2 Å². The summed E-state index contributed by atoms with van der Waals surface area (Å²) in [6.45, 7) is 2.16. The number of benzene rings is 3. The molecule has 1 N–H and O–H groups in total. The van der Waals surface area contributed by atoms with Crippen LogP contribution in [0.2, 0.25) is 0 Å². The highest BCUT2D eigenvalue weighted by molar-refractivity contribution is 7.92. The lowest BCUT2D eigenvalue weighted by Gasteiger charge is -2.30. The van der Waals surface area contributed by atoms with Crippen LogP contribution >= 0.6 is 0 Å². The van der Waals surface area contributed by atoms with Crippen molar-refractivity contribution in [3.63, 3.8) is 0 Å². The van der Waals surface area contributed by atoms with Crippen LogP contribution < -0.4 is 14.4 Å². The smallest absolute Gasteiger partial charge is 0.307 e. The van der Waals surface area contributed by atoms with Gasteiger partial charge in [0.1, 0.15) is 10.6 Å². The molecule has 3 aromatic rings. The van der Waals surface area contributed by atoms with E-state index in [-0.39, 0.29) is 35.6 Å². The van der Waals surface area contributed by atoms with Crippen LogP contribution in [0.4, 0.5) is 11.4 Å². The molecule has 0 aliphatic rings. The Hall–Kier alpha value is -3.70. The molecule has 0 fully saturated rings. The zero-order valence-corrected chi connectivity index (χ0v) is 19.6. The van der Waals surface area contributed by atoms with E-state index in [9.17, 15) is 13.2 Å². The Bertz CT molecular complexity index is 1300. The van der Waals surface area contributed by atoms with Gasteiger partial charge in [0, 0.05) is 22.5 Å². The van der Waals surface area contributed by atoms with E-state index < -0.39 is 10.0 Å². The van der Waals surface area contributed by atoms with Gasteiger partial charge in [0.25, 0.3) is 10.0 Å². The Morgan fingerprint density at radius 1 is 1.06 bits per heavy atom.